The summed E-state index contributed by atoms with van der Waals surface area (Å²) >= 11 is 1.90. The van der Waals surface area contributed by atoms with E-state index in [9.17, 15) is 0 Å². The molecule has 0 heterocycles. The Hall–Kier alpha value is -0.670. The Morgan fingerprint density at radius 1 is 1.22 bits per heavy atom. The molecule has 0 amide bonds. The molecule has 1 aromatic carbocycles. The average Bonchev–Trinajstić information content (AvgIpc) is 2.32. The summed E-state index contributed by atoms with van der Waals surface area (Å²) in [5.74, 6) is 2.10. The molecule has 1 rings (SSSR count). The van der Waals surface area contributed by atoms with Crippen LogP contribution in [0.1, 0.15) is 33.6 Å². The number of benzene rings is 1. The Labute approximate surface area is 116 Å². The van der Waals surface area contributed by atoms with E-state index in [1.54, 1.807) is 7.11 Å². The van der Waals surface area contributed by atoms with Crippen LogP contribution in [0.25, 0.3) is 0 Å². The van der Waals surface area contributed by atoms with Gasteiger partial charge in [-0.25, -0.2) is 0 Å². The van der Waals surface area contributed by atoms with Crippen molar-refractivity contribution in [3.8, 4) is 5.75 Å². The molecule has 0 bridgehead atoms. The van der Waals surface area contributed by atoms with Crippen LogP contribution >= 0.6 is 11.8 Å². The van der Waals surface area contributed by atoms with Gasteiger partial charge in [-0.3, -0.25) is 0 Å². The predicted molar refractivity (Wildman–Crippen MR) is 80.7 cm³/mol. The first kappa shape index (κ1) is 15.4. The van der Waals surface area contributed by atoms with Crippen molar-refractivity contribution in [1.82, 2.24) is 5.32 Å². The van der Waals surface area contributed by atoms with Crippen molar-refractivity contribution < 1.29 is 4.74 Å². The quantitative estimate of drug-likeness (QED) is 0.597. The van der Waals surface area contributed by atoms with E-state index in [2.05, 4.69) is 38.2 Å². The van der Waals surface area contributed by atoms with E-state index in [-0.39, 0.29) is 5.54 Å². The number of methoxy groups -OCH3 is 1. The average molecular weight is 267 g/mol. The highest BCUT2D eigenvalue weighted by Crippen LogP contribution is 2.23. The lowest BCUT2D eigenvalue weighted by Crippen LogP contribution is -2.36. The van der Waals surface area contributed by atoms with Gasteiger partial charge in [0.2, 0.25) is 0 Å². The molecular weight excluding hydrogens is 242 g/mol. The van der Waals surface area contributed by atoms with Gasteiger partial charge in [0.25, 0.3) is 0 Å². The molecule has 0 aromatic heterocycles. The molecule has 1 N–H and O–H groups in total. The Bertz CT molecular complexity index is 347. The number of unbranched alkanes of at least 4 members (excludes halogenated alkanes) is 1. The van der Waals surface area contributed by atoms with Crippen LogP contribution in [-0.2, 0) is 0 Å². The molecule has 0 atom stereocenters. The maximum Gasteiger partial charge on any atom is 0.119 e. The zero-order valence-electron chi connectivity index (χ0n) is 12.0. The van der Waals surface area contributed by atoms with E-state index < -0.39 is 0 Å². The van der Waals surface area contributed by atoms with E-state index in [1.165, 1.54) is 23.5 Å². The summed E-state index contributed by atoms with van der Waals surface area (Å²) < 4.78 is 5.21. The van der Waals surface area contributed by atoms with Crippen molar-refractivity contribution in [1.29, 1.82) is 0 Å². The van der Waals surface area contributed by atoms with Crippen molar-refractivity contribution in [2.45, 2.75) is 44.0 Å². The number of hydrogen-bond donors (Lipinski definition) is 1. The Morgan fingerprint density at radius 3 is 2.67 bits per heavy atom. The van der Waals surface area contributed by atoms with E-state index in [1.807, 2.05) is 23.9 Å². The molecule has 0 aliphatic carbocycles. The van der Waals surface area contributed by atoms with Gasteiger partial charge in [-0.1, -0.05) is 6.07 Å². The minimum absolute atomic E-state index is 0.236. The highest BCUT2D eigenvalue weighted by Gasteiger charge is 2.06. The van der Waals surface area contributed by atoms with Gasteiger partial charge in [0, 0.05) is 10.4 Å². The number of thioether (sulfide) groups is 1. The van der Waals surface area contributed by atoms with Crippen molar-refractivity contribution in [3.05, 3.63) is 24.3 Å². The Morgan fingerprint density at radius 2 is 2.00 bits per heavy atom. The van der Waals surface area contributed by atoms with Gasteiger partial charge in [-0.05, 0) is 64.1 Å². The van der Waals surface area contributed by atoms with E-state index >= 15 is 0 Å². The Balaban J connectivity index is 2.14. The monoisotopic (exact) mass is 267 g/mol. The maximum atomic E-state index is 5.21. The first-order valence-electron chi connectivity index (χ1n) is 6.53. The topological polar surface area (TPSA) is 21.3 Å². The molecule has 0 aliphatic rings. The van der Waals surface area contributed by atoms with Gasteiger partial charge >= 0.3 is 0 Å². The lowest BCUT2D eigenvalue weighted by Gasteiger charge is -2.20. The van der Waals surface area contributed by atoms with Crippen molar-refractivity contribution in [2.24, 2.45) is 0 Å². The predicted octanol–water partition coefficient (Wildman–Crippen LogP) is 3.96. The van der Waals surface area contributed by atoms with Gasteiger partial charge < -0.3 is 10.1 Å². The van der Waals surface area contributed by atoms with Crippen LogP contribution in [0.15, 0.2) is 29.2 Å². The second kappa shape index (κ2) is 7.70. The number of ether oxygens (including phenoxy) is 1. The van der Waals surface area contributed by atoms with Crippen LogP contribution in [0.4, 0.5) is 0 Å². The second-order valence-corrected chi connectivity index (χ2v) is 6.58. The van der Waals surface area contributed by atoms with Gasteiger partial charge in [0.1, 0.15) is 5.75 Å². The van der Waals surface area contributed by atoms with Crippen LogP contribution in [0.2, 0.25) is 0 Å². The summed E-state index contributed by atoms with van der Waals surface area (Å²) in [7, 11) is 1.71. The number of hydrogen-bond acceptors (Lipinski definition) is 3. The van der Waals surface area contributed by atoms with Crippen molar-refractivity contribution in [2.75, 3.05) is 19.4 Å². The molecule has 0 saturated heterocycles. The zero-order chi connectivity index (χ0) is 13.4. The molecule has 18 heavy (non-hydrogen) atoms. The number of rotatable bonds is 7. The molecule has 2 nitrogen and oxygen atoms in total. The van der Waals surface area contributed by atoms with Crippen LogP contribution in [0, 0.1) is 0 Å². The minimum atomic E-state index is 0.236. The van der Waals surface area contributed by atoms with Crippen molar-refractivity contribution in [3.63, 3.8) is 0 Å². The largest absolute Gasteiger partial charge is 0.497 e. The maximum absolute atomic E-state index is 5.21. The fourth-order valence-corrected chi connectivity index (χ4v) is 2.53. The molecule has 3 heteroatoms. The van der Waals surface area contributed by atoms with Gasteiger partial charge in [-0.15, -0.1) is 11.8 Å². The van der Waals surface area contributed by atoms with Crippen molar-refractivity contribution >= 4 is 11.8 Å². The standard InChI is InChI=1S/C15H25NOS/c1-15(2,3)16-10-5-6-11-18-14-9-7-8-13(12-14)17-4/h7-9,12,16H,5-6,10-11H2,1-4H3. The normalized spacial score (nSPS) is 11.6. The highest BCUT2D eigenvalue weighted by molar-refractivity contribution is 7.99. The van der Waals surface area contributed by atoms with Crippen LogP contribution in [0.3, 0.4) is 0 Å². The highest BCUT2D eigenvalue weighted by atomic mass is 32.2. The SMILES string of the molecule is COc1cccc(SCCCCNC(C)(C)C)c1. The summed E-state index contributed by atoms with van der Waals surface area (Å²) in [6, 6.07) is 8.26. The molecule has 0 spiro atoms. The van der Waals surface area contributed by atoms with E-state index in [0.717, 1.165) is 12.3 Å². The number of nitrogens with one attached hydrogen (secondary N) is 1. The molecule has 0 fully saturated rings. The molecule has 0 saturated carbocycles. The van der Waals surface area contributed by atoms with Crippen LogP contribution < -0.4 is 10.1 Å². The second-order valence-electron chi connectivity index (χ2n) is 5.41. The first-order chi connectivity index (χ1) is 8.51. The fourth-order valence-electron chi connectivity index (χ4n) is 1.57. The third-order valence-electron chi connectivity index (χ3n) is 2.54. The first-order valence-corrected chi connectivity index (χ1v) is 7.52. The molecule has 0 unspecified atom stereocenters. The molecular formula is C15H25NOS. The van der Waals surface area contributed by atoms with Crippen LogP contribution in [0.5, 0.6) is 5.75 Å². The van der Waals surface area contributed by atoms with Crippen LogP contribution in [-0.4, -0.2) is 24.9 Å². The zero-order valence-corrected chi connectivity index (χ0v) is 12.8. The smallest absolute Gasteiger partial charge is 0.119 e. The third-order valence-corrected chi connectivity index (χ3v) is 3.62. The third kappa shape index (κ3) is 6.92. The van der Waals surface area contributed by atoms with E-state index in [4.69, 9.17) is 4.74 Å². The molecule has 102 valence electrons. The summed E-state index contributed by atoms with van der Waals surface area (Å²) in [4.78, 5) is 1.29. The van der Waals surface area contributed by atoms with E-state index in [0.29, 0.717) is 0 Å². The Kier molecular flexibility index (Phi) is 6.58. The van der Waals surface area contributed by atoms with Gasteiger partial charge in [0.05, 0.1) is 7.11 Å². The summed E-state index contributed by atoms with van der Waals surface area (Å²) in [5, 5.41) is 3.51. The summed E-state index contributed by atoms with van der Waals surface area (Å²) in [6.07, 6.45) is 2.47. The molecule has 0 radical (unpaired) electrons. The summed E-state index contributed by atoms with van der Waals surface area (Å²) in [6.45, 7) is 7.72. The van der Waals surface area contributed by atoms with Gasteiger partial charge in [0.15, 0.2) is 0 Å². The fraction of sp³-hybridized carbons (Fsp3) is 0.600. The molecule has 0 aliphatic heterocycles. The lowest BCUT2D eigenvalue weighted by molar-refractivity contribution is 0.413. The lowest BCUT2D eigenvalue weighted by atomic mass is 10.1. The summed E-state index contributed by atoms with van der Waals surface area (Å²) in [5.41, 5.74) is 0.236. The molecule has 1 aromatic rings. The minimum Gasteiger partial charge on any atom is -0.497 e. The van der Waals surface area contributed by atoms with Gasteiger partial charge in [-0.2, -0.15) is 0 Å².